The summed E-state index contributed by atoms with van der Waals surface area (Å²) in [6.45, 7) is 3.94. The minimum absolute atomic E-state index is 0.184. The molecule has 0 unspecified atom stereocenters. The van der Waals surface area contributed by atoms with E-state index in [-0.39, 0.29) is 17.0 Å². The average Bonchev–Trinajstić information content (AvgIpc) is 3.16. The van der Waals surface area contributed by atoms with Crippen molar-refractivity contribution in [1.82, 2.24) is 19.7 Å². The SMILES string of the molecule is CCCCN(C)C(=O)c1cc(-c2n[nH]c(=O)n2-c2ccccc2C)c(OP(=O)(O)O)cc1OP(=O)(O)O. The number of unbranched alkanes of at least 4 members (excludes halogenated alkanes) is 1. The largest absolute Gasteiger partial charge is 0.524 e. The number of amides is 1. The monoisotopic (exact) mass is 556 g/mol. The molecule has 0 bridgehead atoms. The molecule has 16 heteroatoms. The summed E-state index contributed by atoms with van der Waals surface area (Å²) in [5.74, 6) is -2.22. The molecule has 1 amide bonds. The van der Waals surface area contributed by atoms with Crippen molar-refractivity contribution in [3.05, 3.63) is 58.0 Å². The quantitative estimate of drug-likeness (QED) is 0.229. The number of carbonyl (C=O) groups is 1. The highest BCUT2D eigenvalue weighted by Gasteiger charge is 2.30. The second-order valence-electron chi connectivity index (χ2n) is 8.06. The summed E-state index contributed by atoms with van der Waals surface area (Å²) in [6.07, 6.45) is 1.40. The van der Waals surface area contributed by atoms with E-state index in [2.05, 4.69) is 14.7 Å². The van der Waals surface area contributed by atoms with Crippen LogP contribution in [0.15, 0.2) is 41.2 Å². The van der Waals surface area contributed by atoms with Gasteiger partial charge in [-0.15, -0.1) is 0 Å². The minimum atomic E-state index is -5.24. The lowest BCUT2D eigenvalue weighted by Crippen LogP contribution is -2.28. The van der Waals surface area contributed by atoms with E-state index in [0.29, 0.717) is 24.2 Å². The van der Waals surface area contributed by atoms with Gasteiger partial charge in [0.05, 0.1) is 16.8 Å². The number of hydrogen-bond acceptors (Lipinski definition) is 7. The fraction of sp³-hybridized carbons (Fsp3) is 0.286. The van der Waals surface area contributed by atoms with E-state index in [1.54, 1.807) is 31.2 Å². The van der Waals surface area contributed by atoms with E-state index in [0.717, 1.165) is 23.1 Å². The van der Waals surface area contributed by atoms with E-state index >= 15 is 0 Å². The molecule has 0 aliphatic heterocycles. The zero-order valence-electron chi connectivity index (χ0n) is 20.1. The van der Waals surface area contributed by atoms with E-state index in [9.17, 15) is 38.3 Å². The molecule has 2 aromatic carbocycles. The number of rotatable bonds is 10. The number of phosphoric acid groups is 2. The molecule has 5 N–H and O–H groups in total. The third-order valence-electron chi connectivity index (χ3n) is 5.21. The Morgan fingerprint density at radius 1 is 1.08 bits per heavy atom. The van der Waals surface area contributed by atoms with Crippen molar-refractivity contribution in [2.24, 2.45) is 0 Å². The number of benzene rings is 2. The number of aromatic amines is 1. The number of para-hydroxylation sites is 1. The summed E-state index contributed by atoms with van der Waals surface area (Å²) in [4.78, 5) is 65.0. The molecule has 0 saturated carbocycles. The van der Waals surface area contributed by atoms with E-state index in [1.165, 1.54) is 11.9 Å². The summed E-state index contributed by atoms with van der Waals surface area (Å²) in [5, 5.41) is 6.23. The zero-order valence-corrected chi connectivity index (χ0v) is 21.8. The van der Waals surface area contributed by atoms with Gasteiger partial charge in [0.25, 0.3) is 5.91 Å². The van der Waals surface area contributed by atoms with Crippen LogP contribution in [0.2, 0.25) is 0 Å². The maximum absolute atomic E-state index is 13.3. The van der Waals surface area contributed by atoms with Gasteiger partial charge in [0.2, 0.25) is 0 Å². The molecule has 200 valence electrons. The van der Waals surface area contributed by atoms with Crippen LogP contribution in [-0.2, 0) is 9.13 Å². The van der Waals surface area contributed by atoms with Crippen LogP contribution in [0.1, 0.15) is 35.7 Å². The number of nitrogens with zero attached hydrogens (tertiary/aromatic N) is 3. The topological polar surface area (TPSA) is 205 Å². The van der Waals surface area contributed by atoms with Crippen molar-refractivity contribution in [3.8, 4) is 28.6 Å². The summed E-state index contributed by atoms with van der Waals surface area (Å²) in [6, 6.07) is 8.53. The maximum Gasteiger partial charge on any atom is 0.524 e. The van der Waals surface area contributed by atoms with Crippen molar-refractivity contribution in [2.75, 3.05) is 13.6 Å². The fourth-order valence-electron chi connectivity index (χ4n) is 3.53. The molecular weight excluding hydrogens is 530 g/mol. The number of phosphoric ester groups is 2. The van der Waals surface area contributed by atoms with Crippen LogP contribution in [0.5, 0.6) is 11.5 Å². The Balaban J connectivity index is 2.34. The second-order valence-corrected chi connectivity index (χ2v) is 10.4. The first-order chi connectivity index (χ1) is 17.2. The van der Waals surface area contributed by atoms with Crippen molar-refractivity contribution >= 4 is 21.6 Å². The van der Waals surface area contributed by atoms with Crippen LogP contribution in [0.25, 0.3) is 17.1 Å². The smallest absolute Gasteiger partial charge is 0.403 e. The Morgan fingerprint density at radius 2 is 1.70 bits per heavy atom. The first-order valence-corrected chi connectivity index (χ1v) is 14.0. The average molecular weight is 556 g/mol. The van der Waals surface area contributed by atoms with Crippen molar-refractivity contribution < 1.29 is 42.5 Å². The fourth-order valence-corrected chi connectivity index (χ4v) is 4.34. The van der Waals surface area contributed by atoms with Gasteiger partial charge in [-0.05, 0) is 31.0 Å². The van der Waals surface area contributed by atoms with Crippen LogP contribution in [-0.4, -0.2) is 58.7 Å². The predicted molar refractivity (Wildman–Crippen MR) is 132 cm³/mol. The third-order valence-corrected chi connectivity index (χ3v) is 6.08. The molecule has 1 aromatic heterocycles. The van der Waals surface area contributed by atoms with Gasteiger partial charge in [-0.3, -0.25) is 24.4 Å². The Hall–Kier alpha value is -3.25. The van der Waals surface area contributed by atoms with Gasteiger partial charge >= 0.3 is 21.3 Å². The highest BCUT2D eigenvalue weighted by Crippen LogP contribution is 2.47. The van der Waals surface area contributed by atoms with E-state index in [4.69, 9.17) is 4.52 Å². The van der Waals surface area contributed by atoms with Crippen LogP contribution < -0.4 is 14.7 Å². The van der Waals surface area contributed by atoms with Gasteiger partial charge in [-0.25, -0.2) is 23.6 Å². The molecule has 0 fully saturated rings. The van der Waals surface area contributed by atoms with Crippen molar-refractivity contribution in [2.45, 2.75) is 26.7 Å². The standard InChI is InChI=1S/C21H26N4O10P2/c1-4-5-10-24(3)20(26)15-11-14(17(34-36(28,29)30)12-18(15)35-37(31,32)33)19-22-23-21(27)25(19)16-9-7-6-8-13(16)2/h6-9,11-12H,4-5,10H2,1-3H3,(H,23,27)(H2,28,29,30)(H2,31,32,33). The number of aryl methyl sites for hydroxylation is 1. The normalized spacial score (nSPS) is 11.9. The third kappa shape index (κ3) is 6.95. The van der Waals surface area contributed by atoms with Crippen LogP contribution >= 0.6 is 15.6 Å². The molecule has 3 rings (SSSR count). The van der Waals surface area contributed by atoms with E-state index in [1.807, 2.05) is 6.92 Å². The Labute approximate surface area is 211 Å². The molecule has 0 radical (unpaired) electrons. The number of aromatic nitrogens is 3. The Kier molecular flexibility index (Phi) is 8.43. The second kappa shape index (κ2) is 11.0. The summed E-state index contributed by atoms with van der Waals surface area (Å²) < 4.78 is 33.9. The summed E-state index contributed by atoms with van der Waals surface area (Å²) >= 11 is 0. The first kappa shape index (κ1) is 28.3. The lowest BCUT2D eigenvalue weighted by molar-refractivity contribution is 0.0791. The number of H-pyrrole nitrogens is 1. The molecular formula is C21H26N4O10P2. The van der Waals surface area contributed by atoms with Gasteiger partial charge in [0.15, 0.2) is 5.82 Å². The van der Waals surface area contributed by atoms with Crippen molar-refractivity contribution in [1.29, 1.82) is 0 Å². The minimum Gasteiger partial charge on any atom is -0.403 e. The number of hydrogen-bond donors (Lipinski definition) is 5. The summed E-state index contributed by atoms with van der Waals surface area (Å²) in [5.41, 5.74) is -0.254. The van der Waals surface area contributed by atoms with Crippen molar-refractivity contribution in [3.63, 3.8) is 0 Å². The van der Waals surface area contributed by atoms with Gasteiger partial charge in [-0.2, -0.15) is 5.10 Å². The lowest BCUT2D eigenvalue weighted by atomic mass is 10.1. The Bertz CT molecular complexity index is 1460. The summed E-state index contributed by atoms with van der Waals surface area (Å²) in [7, 11) is -8.99. The van der Waals surface area contributed by atoms with Gasteiger partial charge < -0.3 is 13.9 Å². The molecule has 14 nitrogen and oxygen atoms in total. The van der Waals surface area contributed by atoms with Crippen LogP contribution in [0, 0.1) is 6.92 Å². The molecule has 37 heavy (non-hydrogen) atoms. The van der Waals surface area contributed by atoms with E-state index < -0.39 is 38.7 Å². The molecule has 3 aromatic rings. The molecule has 1 heterocycles. The van der Waals surface area contributed by atoms with Gasteiger partial charge in [-0.1, -0.05) is 31.5 Å². The molecule has 0 aliphatic carbocycles. The maximum atomic E-state index is 13.3. The molecule has 0 saturated heterocycles. The lowest BCUT2D eigenvalue weighted by Gasteiger charge is -2.21. The predicted octanol–water partition coefficient (Wildman–Crippen LogP) is 2.35. The molecule has 0 atom stereocenters. The highest BCUT2D eigenvalue weighted by atomic mass is 31.2. The number of carbonyl (C=O) groups excluding carboxylic acids is 1. The number of nitrogens with one attached hydrogen (secondary N) is 1. The molecule has 0 spiro atoms. The molecule has 0 aliphatic rings. The van der Waals surface area contributed by atoms with Crippen LogP contribution in [0.4, 0.5) is 0 Å². The zero-order chi connectivity index (χ0) is 27.5. The Morgan fingerprint density at radius 3 is 2.30 bits per heavy atom. The van der Waals surface area contributed by atoms with Gasteiger partial charge in [0, 0.05) is 19.7 Å². The first-order valence-electron chi connectivity index (χ1n) is 10.9. The van der Waals surface area contributed by atoms with Crippen LogP contribution in [0.3, 0.4) is 0 Å². The van der Waals surface area contributed by atoms with Gasteiger partial charge in [0.1, 0.15) is 11.5 Å². The highest BCUT2D eigenvalue weighted by molar-refractivity contribution is 7.47.